The predicted molar refractivity (Wildman–Crippen MR) is 78.5 cm³/mol. The summed E-state index contributed by atoms with van der Waals surface area (Å²) in [5.41, 5.74) is 1.62. The Morgan fingerprint density at radius 1 is 1.18 bits per heavy atom. The molecule has 0 heterocycles. The molecule has 1 nitrogen and oxygen atoms in total. The summed E-state index contributed by atoms with van der Waals surface area (Å²) in [5, 5.41) is 1.07. The molecular formula is C14H18Br2O. The standard InChI is InChI=1S/C14H18Br2O/c15-10-14(7-3-4-8-14)11-17-9-12-5-1-2-6-13(12)16/h1-2,5-6H,3-4,7-11H2. The Bertz CT molecular complexity index is 359. The van der Waals surface area contributed by atoms with Gasteiger partial charge < -0.3 is 4.74 Å². The molecule has 2 rings (SSSR count). The first-order valence-electron chi connectivity index (χ1n) is 6.13. The van der Waals surface area contributed by atoms with Gasteiger partial charge >= 0.3 is 0 Å². The van der Waals surface area contributed by atoms with E-state index in [1.807, 2.05) is 6.07 Å². The fraction of sp³-hybridized carbons (Fsp3) is 0.571. The molecule has 1 aromatic rings. The minimum absolute atomic E-state index is 0.390. The van der Waals surface area contributed by atoms with Gasteiger partial charge in [-0.1, -0.05) is 62.9 Å². The molecule has 0 aromatic heterocycles. The van der Waals surface area contributed by atoms with Gasteiger partial charge in [0, 0.05) is 15.2 Å². The first kappa shape index (κ1) is 13.6. The second kappa shape index (κ2) is 6.35. The van der Waals surface area contributed by atoms with Crippen molar-refractivity contribution in [1.29, 1.82) is 0 Å². The number of rotatable bonds is 5. The lowest BCUT2D eigenvalue weighted by molar-refractivity contribution is 0.0484. The number of alkyl halides is 1. The highest BCUT2D eigenvalue weighted by Gasteiger charge is 2.32. The lowest BCUT2D eigenvalue weighted by Crippen LogP contribution is -2.25. The van der Waals surface area contributed by atoms with Crippen LogP contribution in [0.15, 0.2) is 28.7 Å². The third-order valence-electron chi connectivity index (χ3n) is 3.57. The number of ether oxygens (including phenoxy) is 1. The Labute approximate surface area is 120 Å². The van der Waals surface area contributed by atoms with Crippen LogP contribution in [-0.2, 0) is 11.3 Å². The predicted octanol–water partition coefficient (Wildman–Crippen LogP) is 4.92. The summed E-state index contributed by atoms with van der Waals surface area (Å²) < 4.78 is 7.06. The summed E-state index contributed by atoms with van der Waals surface area (Å²) in [6, 6.07) is 8.26. The SMILES string of the molecule is BrCC1(COCc2ccccc2Br)CCCC1. The molecule has 17 heavy (non-hydrogen) atoms. The van der Waals surface area contributed by atoms with E-state index in [9.17, 15) is 0 Å². The zero-order valence-corrected chi connectivity index (χ0v) is 13.1. The smallest absolute Gasteiger partial charge is 0.0728 e. The van der Waals surface area contributed by atoms with Gasteiger partial charge in [-0.25, -0.2) is 0 Å². The molecule has 3 heteroatoms. The Balaban J connectivity index is 1.85. The minimum Gasteiger partial charge on any atom is -0.376 e. The summed E-state index contributed by atoms with van der Waals surface area (Å²) in [4.78, 5) is 0. The Morgan fingerprint density at radius 2 is 1.88 bits per heavy atom. The number of halogens is 2. The van der Waals surface area contributed by atoms with Crippen LogP contribution in [0.25, 0.3) is 0 Å². The summed E-state index contributed by atoms with van der Waals surface area (Å²) >= 11 is 7.20. The lowest BCUT2D eigenvalue weighted by Gasteiger charge is -2.26. The van der Waals surface area contributed by atoms with Crippen molar-refractivity contribution < 1.29 is 4.74 Å². The Morgan fingerprint density at radius 3 is 2.53 bits per heavy atom. The first-order valence-corrected chi connectivity index (χ1v) is 8.04. The van der Waals surface area contributed by atoms with Crippen LogP contribution in [0.4, 0.5) is 0 Å². The van der Waals surface area contributed by atoms with E-state index in [2.05, 4.69) is 50.1 Å². The van der Waals surface area contributed by atoms with E-state index in [0.717, 1.165) is 16.4 Å². The Kier molecular flexibility index (Phi) is 5.07. The average molecular weight is 362 g/mol. The molecule has 0 unspecified atom stereocenters. The molecule has 1 fully saturated rings. The monoisotopic (exact) mass is 360 g/mol. The topological polar surface area (TPSA) is 9.23 Å². The molecule has 0 bridgehead atoms. The molecule has 0 aliphatic heterocycles. The van der Waals surface area contributed by atoms with Gasteiger partial charge in [0.15, 0.2) is 0 Å². The highest BCUT2D eigenvalue weighted by molar-refractivity contribution is 9.10. The molecule has 1 saturated carbocycles. The van der Waals surface area contributed by atoms with Crippen molar-refractivity contribution in [3.05, 3.63) is 34.3 Å². The third kappa shape index (κ3) is 3.55. The highest BCUT2D eigenvalue weighted by Crippen LogP contribution is 2.40. The van der Waals surface area contributed by atoms with Gasteiger partial charge in [-0.05, 0) is 24.5 Å². The van der Waals surface area contributed by atoms with Gasteiger partial charge in [-0.2, -0.15) is 0 Å². The second-order valence-electron chi connectivity index (χ2n) is 4.92. The molecule has 94 valence electrons. The normalized spacial score (nSPS) is 18.5. The quantitative estimate of drug-likeness (QED) is 0.676. The Hall–Kier alpha value is 0.140. The molecular weight excluding hydrogens is 344 g/mol. The second-order valence-corrected chi connectivity index (χ2v) is 6.34. The zero-order valence-electron chi connectivity index (χ0n) is 9.92. The van der Waals surface area contributed by atoms with Gasteiger partial charge in [-0.3, -0.25) is 0 Å². The summed E-state index contributed by atoms with van der Waals surface area (Å²) in [6.45, 7) is 1.58. The largest absolute Gasteiger partial charge is 0.376 e. The van der Waals surface area contributed by atoms with Gasteiger partial charge in [0.25, 0.3) is 0 Å². The summed E-state index contributed by atoms with van der Waals surface area (Å²) in [7, 11) is 0. The van der Waals surface area contributed by atoms with Crippen molar-refractivity contribution in [2.24, 2.45) is 5.41 Å². The molecule has 0 saturated heterocycles. The fourth-order valence-electron chi connectivity index (χ4n) is 2.43. The third-order valence-corrected chi connectivity index (χ3v) is 5.53. The van der Waals surface area contributed by atoms with Crippen LogP contribution in [0.1, 0.15) is 31.2 Å². The zero-order chi connectivity index (χ0) is 12.1. The highest BCUT2D eigenvalue weighted by atomic mass is 79.9. The van der Waals surface area contributed by atoms with Crippen molar-refractivity contribution in [2.45, 2.75) is 32.3 Å². The van der Waals surface area contributed by atoms with E-state index in [1.54, 1.807) is 0 Å². The van der Waals surface area contributed by atoms with Crippen molar-refractivity contribution in [3.8, 4) is 0 Å². The summed E-state index contributed by atoms with van der Waals surface area (Å²) in [5.74, 6) is 0. The molecule has 0 radical (unpaired) electrons. The van der Waals surface area contributed by atoms with Crippen molar-refractivity contribution >= 4 is 31.9 Å². The number of benzene rings is 1. The van der Waals surface area contributed by atoms with Gasteiger partial charge in [0.1, 0.15) is 0 Å². The maximum Gasteiger partial charge on any atom is 0.0728 e. The van der Waals surface area contributed by atoms with E-state index < -0.39 is 0 Å². The van der Waals surface area contributed by atoms with Crippen molar-refractivity contribution in [3.63, 3.8) is 0 Å². The average Bonchev–Trinajstić information content (AvgIpc) is 2.81. The van der Waals surface area contributed by atoms with Crippen LogP contribution in [0.3, 0.4) is 0 Å². The summed E-state index contributed by atoms with van der Waals surface area (Å²) in [6.07, 6.45) is 5.30. The molecule has 1 aromatic carbocycles. The van der Waals surface area contributed by atoms with Crippen LogP contribution in [0, 0.1) is 5.41 Å². The van der Waals surface area contributed by atoms with Gasteiger partial charge in [0.05, 0.1) is 13.2 Å². The van der Waals surface area contributed by atoms with Gasteiger partial charge in [-0.15, -0.1) is 0 Å². The van der Waals surface area contributed by atoms with Gasteiger partial charge in [0.2, 0.25) is 0 Å². The molecule has 1 aliphatic rings. The maximum atomic E-state index is 5.92. The van der Waals surface area contributed by atoms with E-state index in [4.69, 9.17) is 4.74 Å². The molecule has 0 spiro atoms. The van der Waals surface area contributed by atoms with Crippen LogP contribution in [-0.4, -0.2) is 11.9 Å². The minimum atomic E-state index is 0.390. The molecule has 1 aliphatic carbocycles. The van der Waals surface area contributed by atoms with Crippen molar-refractivity contribution in [2.75, 3.05) is 11.9 Å². The van der Waals surface area contributed by atoms with E-state index in [0.29, 0.717) is 12.0 Å². The maximum absolute atomic E-state index is 5.92. The lowest BCUT2D eigenvalue weighted by atomic mass is 9.90. The van der Waals surface area contributed by atoms with E-state index in [-0.39, 0.29) is 0 Å². The molecule has 0 amide bonds. The number of hydrogen-bond acceptors (Lipinski definition) is 1. The molecule has 0 N–H and O–H groups in total. The first-order chi connectivity index (χ1) is 8.26. The van der Waals surface area contributed by atoms with E-state index >= 15 is 0 Å². The van der Waals surface area contributed by atoms with Crippen LogP contribution >= 0.6 is 31.9 Å². The number of hydrogen-bond donors (Lipinski definition) is 0. The van der Waals surface area contributed by atoms with Crippen LogP contribution in [0.2, 0.25) is 0 Å². The van der Waals surface area contributed by atoms with Crippen LogP contribution < -0.4 is 0 Å². The van der Waals surface area contributed by atoms with Crippen molar-refractivity contribution in [1.82, 2.24) is 0 Å². The fourth-order valence-corrected chi connectivity index (χ4v) is 3.56. The van der Waals surface area contributed by atoms with E-state index in [1.165, 1.54) is 31.2 Å². The molecule has 0 atom stereocenters. The van der Waals surface area contributed by atoms with Crippen LogP contribution in [0.5, 0.6) is 0 Å².